The molecule has 0 aromatic rings. The van der Waals surface area contributed by atoms with Gasteiger partial charge in [-0.15, -0.1) is 0 Å². The van der Waals surface area contributed by atoms with Crippen LogP contribution in [-0.4, -0.2) is 13.0 Å². The van der Waals surface area contributed by atoms with Gasteiger partial charge in [0.05, 0.1) is 0 Å². The fourth-order valence-electron chi connectivity index (χ4n) is 2.15. The van der Waals surface area contributed by atoms with Crippen LogP contribution in [0.3, 0.4) is 0 Å². The molecule has 3 nitrogen and oxygen atoms in total. The number of hydrogen-bond acceptors (Lipinski definition) is 2. The van der Waals surface area contributed by atoms with E-state index in [0.717, 1.165) is 17.8 Å². The summed E-state index contributed by atoms with van der Waals surface area (Å²) in [6.07, 6.45) is 19.3. The van der Waals surface area contributed by atoms with Gasteiger partial charge in [-0.1, -0.05) is 75.0 Å². The Labute approximate surface area is 153 Å². The van der Waals surface area contributed by atoms with Gasteiger partial charge in [0.15, 0.2) is 0 Å². The van der Waals surface area contributed by atoms with E-state index >= 15 is 0 Å². The smallest absolute Gasteiger partial charge is 0.398 e. The van der Waals surface area contributed by atoms with E-state index < -0.39 is 0 Å². The van der Waals surface area contributed by atoms with E-state index in [4.69, 9.17) is 9.57 Å². The molecule has 1 aliphatic rings. The highest BCUT2D eigenvalue weighted by molar-refractivity contribution is 5.78. The normalized spacial score (nSPS) is 18.4. The SMILES string of the molecule is CC.C\C=C/C=C(CC)/C(=C\C)O/C(=[NH+]/OC)C1C=CC=C(C)C=C1. The number of nitrogens with one attached hydrogen (secondary N) is 1. The molecule has 0 aliphatic heterocycles. The Morgan fingerprint density at radius 3 is 2.52 bits per heavy atom. The molecule has 1 N–H and O–H groups in total. The van der Waals surface area contributed by atoms with Gasteiger partial charge < -0.3 is 4.74 Å². The van der Waals surface area contributed by atoms with E-state index in [-0.39, 0.29) is 5.92 Å². The fraction of sp³-hybridized carbons (Fsp3) is 0.409. The second-order valence-electron chi connectivity index (χ2n) is 5.18. The van der Waals surface area contributed by atoms with Crippen molar-refractivity contribution in [1.82, 2.24) is 0 Å². The first-order valence-electron chi connectivity index (χ1n) is 9.01. The largest absolute Gasteiger partial charge is 0.405 e. The van der Waals surface area contributed by atoms with Crippen LogP contribution in [0.5, 0.6) is 0 Å². The van der Waals surface area contributed by atoms with Crippen molar-refractivity contribution in [3.63, 3.8) is 0 Å². The summed E-state index contributed by atoms with van der Waals surface area (Å²) >= 11 is 0. The maximum atomic E-state index is 6.13. The van der Waals surface area contributed by atoms with Crippen LogP contribution in [0.4, 0.5) is 0 Å². The zero-order valence-corrected chi connectivity index (χ0v) is 16.8. The molecule has 138 valence electrons. The molecule has 1 rings (SSSR count). The minimum Gasteiger partial charge on any atom is -0.405 e. The van der Waals surface area contributed by atoms with Crippen LogP contribution in [-0.2, 0) is 9.57 Å². The Morgan fingerprint density at radius 1 is 1.24 bits per heavy atom. The zero-order chi connectivity index (χ0) is 19.1. The van der Waals surface area contributed by atoms with Crippen LogP contribution in [0.25, 0.3) is 0 Å². The summed E-state index contributed by atoms with van der Waals surface area (Å²) in [6.45, 7) is 12.2. The minimum absolute atomic E-state index is 0.00146. The van der Waals surface area contributed by atoms with Crippen molar-refractivity contribution < 1.29 is 14.7 Å². The lowest BCUT2D eigenvalue weighted by atomic mass is 10.1. The molecule has 0 fully saturated rings. The third-order valence-electron chi connectivity index (χ3n) is 3.42. The summed E-state index contributed by atoms with van der Waals surface area (Å²) in [4.78, 5) is 5.11. The van der Waals surface area contributed by atoms with E-state index in [1.807, 2.05) is 52.0 Å². The highest BCUT2D eigenvalue weighted by atomic mass is 16.6. The van der Waals surface area contributed by atoms with E-state index in [0.29, 0.717) is 5.90 Å². The molecule has 0 spiro atoms. The molecule has 1 unspecified atom stereocenters. The third kappa shape index (κ3) is 8.39. The molecule has 1 aliphatic carbocycles. The van der Waals surface area contributed by atoms with Gasteiger partial charge in [0.2, 0.25) is 0 Å². The maximum absolute atomic E-state index is 6.13. The van der Waals surface area contributed by atoms with Crippen LogP contribution >= 0.6 is 0 Å². The lowest BCUT2D eigenvalue weighted by molar-refractivity contribution is -0.750. The third-order valence-corrected chi connectivity index (χ3v) is 3.42. The van der Waals surface area contributed by atoms with Crippen LogP contribution < -0.4 is 5.16 Å². The second kappa shape index (κ2) is 14.1. The van der Waals surface area contributed by atoms with Gasteiger partial charge in [-0.25, -0.2) is 0 Å². The zero-order valence-electron chi connectivity index (χ0n) is 16.8. The highest BCUT2D eigenvalue weighted by Gasteiger charge is 2.23. The first-order valence-corrected chi connectivity index (χ1v) is 9.01. The van der Waals surface area contributed by atoms with Gasteiger partial charge in [-0.05, 0) is 44.0 Å². The van der Waals surface area contributed by atoms with Gasteiger partial charge in [0, 0.05) is 0 Å². The van der Waals surface area contributed by atoms with Crippen molar-refractivity contribution in [2.24, 2.45) is 5.92 Å². The summed E-state index contributed by atoms with van der Waals surface area (Å²) in [5.74, 6) is 1.48. The van der Waals surface area contributed by atoms with E-state index in [1.165, 1.54) is 5.57 Å². The summed E-state index contributed by atoms with van der Waals surface area (Å²) < 4.78 is 6.13. The van der Waals surface area contributed by atoms with Crippen molar-refractivity contribution >= 4 is 5.90 Å². The Morgan fingerprint density at radius 2 is 1.96 bits per heavy atom. The van der Waals surface area contributed by atoms with Crippen LogP contribution in [0.1, 0.15) is 48.0 Å². The van der Waals surface area contributed by atoms with Gasteiger partial charge in [-0.3, -0.25) is 4.84 Å². The van der Waals surface area contributed by atoms with E-state index in [2.05, 4.69) is 49.4 Å². The Hall–Kier alpha value is -2.29. The van der Waals surface area contributed by atoms with Gasteiger partial charge >= 0.3 is 5.90 Å². The molecule has 0 aromatic heterocycles. The standard InChI is InChI=1S/C20H27NO2.C2H6/c1-6-9-12-17(7-2)19(8-3)23-20(21-22-5)18-13-10-11-16(4)14-15-18;1-2/h6,8-15,18H,7H2,1-5H3;1-2H3/p+1/b9-6-,17-12+,19-8+,21-20+;. The Bertz CT molecular complexity index is 587. The van der Waals surface area contributed by atoms with Crippen LogP contribution in [0.15, 0.2) is 71.6 Å². The first-order chi connectivity index (χ1) is 12.2. The summed E-state index contributed by atoms with van der Waals surface area (Å²) in [7, 11) is 1.59. The topological polar surface area (TPSA) is 32.4 Å². The Kier molecular flexibility index (Phi) is 12.8. The van der Waals surface area contributed by atoms with Crippen molar-refractivity contribution in [3.8, 4) is 0 Å². The van der Waals surface area contributed by atoms with Gasteiger partial charge in [0.25, 0.3) is 0 Å². The lowest BCUT2D eigenvalue weighted by Gasteiger charge is -2.12. The summed E-state index contributed by atoms with van der Waals surface area (Å²) in [5, 5.41) is 2.88. The maximum Gasteiger partial charge on any atom is 0.398 e. The van der Waals surface area contributed by atoms with E-state index in [1.54, 1.807) is 7.11 Å². The molecule has 0 aromatic carbocycles. The van der Waals surface area contributed by atoms with Crippen molar-refractivity contribution in [1.29, 1.82) is 0 Å². The minimum atomic E-state index is -0.00146. The van der Waals surface area contributed by atoms with Gasteiger partial charge in [0.1, 0.15) is 18.8 Å². The monoisotopic (exact) mass is 344 g/mol. The highest BCUT2D eigenvalue weighted by Crippen LogP contribution is 2.19. The van der Waals surface area contributed by atoms with Crippen molar-refractivity contribution in [2.45, 2.75) is 48.0 Å². The molecule has 3 heteroatoms. The first kappa shape index (κ1) is 22.7. The molecule has 0 heterocycles. The molecule has 0 amide bonds. The number of rotatable bonds is 6. The molecule has 0 saturated carbocycles. The van der Waals surface area contributed by atoms with Crippen LogP contribution in [0, 0.1) is 5.92 Å². The Balaban J connectivity index is 0.00000277. The quantitative estimate of drug-likeness (QED) is 0.252. The number of hydrogen-bond donors (Lipinski definition) is 1. The summed E-state index contributed by atoms with van der Waals surface area (Å²) in [5.41, 5.74) is 2.34. The average molecular weight is 345 g/mol. The molecule has 0 saturated heterocycles. The number of ether oxygens (including phenoxy) is 1. The molecular formula is C22H34NO2+. The predicted octanol–water partition coefficient (Wildman–Crippen LogP) is 4.57. The lowest BCUT2D eigenvalue weighted by Crippen LogP contribution is -2.73. The summed E-state index contributed by atoms with van der Waals surface area (Å²) in [6, 6.07) is 0. The fourth-order valence-corrected chi connectivity index (χ4v) is 2.15. The molecule has 25 heavy (non-hydrogen) atoms. The molecule has 0 bridgehead atoms. The van der Waals surface area contributed by atoms with Crippen LogP contribution in [0.2, 0.25) is 0 Å². The van der Waals surface area contributed by atoms with Gasteiger partial charge in [-0.2, -0.15) is 0 Å². The van der Waals surface area contributed by atoms with E-state index in [9.17, 15) is 0 Å². The van der Waals surface area contributed by atoms with Crippen molar-refractivity contribution in [2.75, 3.05) is 7.11 Å². The molecule has 1 atom stereocenters. The molecule has 0 radical (unpaired) electrons. The van der Waals surface area contributed by atoms with Crippen molar-refractivity contribution in [3.05, 3.63) is 71.6 Å². The molecular weight excluding hydrogens is 310 g/mol. The number of allylic oxidation sites excluding steroid dienone is 9. The predicted molar refractivity (Wildman–Crippen MR) is 108 cm³/mol. The average Bonchev–Trinajstić information content (AvgIpc) is 2.86. The second-order valence-corrected chi connectivity index (χ2v) is 5.18.